The molecule has 0 amide bonds. The molecule has 7 heteroatoms. The van der Waals surface area contributed by atoms with E-state index >= 15 is 0 Å². The molecule has 0 N–H and O–H groups in total. The van der Waals surface area contributed by atoms with E-state index in [9.17, 15) is 8.42 Å². The summed E-state index contributed by atoms with van der Waals surface area (Å²) in [6.07, 6.45) is 0. The number of methoxy groups -OCH3 is 1. The highest BCUT2D eigenvalue weighted by atomic mass is 32.2. The summed E-state index contributed by atoms with van der Waals surface area (Å²) in [5, 5.41) is 2.11. The molecule has 1 heterocycles. The Bertz CT molecular complexity index is 1110. The molecule has 3 aromatic rings. The normalized spacial score (nSPS) is 15.3. The smallest absolute Gasteiger partial charge is 0.243 e. The minimum absolute atomic E-state index is 0.280. The first kappa shape index (κ1) is 19.7. The van der Waals surface area contributed by atoms with E-state index in [1.807, 2.05) is 42.5 Å². The van der Waals surface area contributed by atoms with Crippen LogP contribution in [0.5, 0.6) is 11.5 Å². The third kappa shape index (κ3) is 4.37. The van der Waals surface area contributed by atoms with Crippen LogP contribution in [0, 0.1) is 0 Å². The van der Waals surface area contributed by atoms with Gasteiger partial charge in [0.25, 0.3) is 0 Å². The maximum absolute atomic E-state index is 12.8. The number of hydrogen-bond donors (Lipinski definition) is 0. The fourth-order valence-corrected chi connectivity index (χ4v) is 4.80. The Hall–Kier alpha value is -2.61. The first-order valence-corrected chi connectivity index (χ1v) is 10.9. The third-order valence-electron chi connectivity index (χ3n) is 4.93. The quantitative estimate of drug-likeness (QED) is 0.619. The number of morpholine rings is 1. The van der Waals surface area contributed by atoms with Gasteiger partial charge >= 0.3 is 0 Å². The van der Waals surface area contributed by atoms with Gasteiger partial charge in [-0.3, -0.25) is 0 Å². The molecule has 1 fully saturated rings. The molecular weight excluding hydrogens is 390 g/mol. The number of ether oxygens (including phenoxy) is 3. The summed E-state index contributed by atoms with van der Waals surface area (Å²) < 4.78 is 43.6. The lowest BCUT2D eigenvalue weighted by atomic mass is 10.1. The predicted molar refractivity (Wildman–Crippen MR) is 111 cm³/mol. The molecular formula is C22H23NO5S. The number of sulfonamides is 1. The highest BCUT2D eigenvalue weighted by Gasteiger charge is 2.26. The summed E-state index contributed by atoms with van der Waals surface area (Å²) in [5.74, 6) is 1.50. The molecule has 0 aromatic heterocycles. The van der Waals surface area contributed by atoms with Crippen molar-refractivity contribution in [1.29, 1.82) is 0 Å². The van der Waals surface area contributed by atoms with E-state index < -0.39 is 10.0 Å². The van der Waals surface area contributed by atoms with Gasteiger partial charge in [0.2, 0.25) is 10.0 Å². The summed E-state index contributed by atoms with van der Waals surface area (Å²) in [6.45, 7) is 1.89. The minimum atomic E-state index is -3.52. The fraction of sp³-hybridized carbons (Fsp3) is 0.273. The van der Waals surface area contributed by atoms with Gasteiger partial charge in [0.05, 0.1) is 25.2 Å². The highest BCUT2D eigenvalue weighted by molar-refractivity contribution is 7.89. The van der Waals surface area contributed by atoms with Gasteiger partial charge in [-0.25, -0.2) is 8.42 Å². The van der Waals surface area contributed by atoms with E-state index in [4.69, 9.17) is 14.2 Å². The van der Waals surface area contributed by atoms with Crippen LogP contribution in [-0.2, 0) is 21.4 Å². The van der Waals surface area contributed by atoms with Crippen LogP contribution in [0.2, 0.25) is 0 Å². The zero-order chi connectivity index (χ0) is 20.3. The lowest BCUT2D eigenvalue weighted by Gasteiger charge is -2.26. The molecule has 0 bridgehead atoms. The van der Waals surface area contributed by atoms with E-state index in [0.29, 0.717) is 32.1 Å². The molecule has 0 spiro atoms. The van der Waals surface area contributed by atoms with Gasteiger partial charge in [-0.2, -0.15) is 4.31 Å². The predicted octanol–water partition coefficient (Wildman–Crippen LogP) is 3.45. The Morgan fingerprint density at radius 2 is 1.66 bits per heavy atom. The maximum Gasteiger partial charge on any atom is 0.243 e. The van der Waals surface area contributed by atoms with Crippen molar-refractivity contribution < 1.29 is 22.6 Å². The molecule has 6 nitrogen and oxygen atoms in total. The summed E-state index contributed by atoms with van der Waals surface area (Å²) in [7, 11) is -1.88. The number of nitrogens with zero attached hydrogens (tertiary/aromatic N) is 1. The molecule has 1 aliphatic rings. The second kappa shape index (κ2) is 8.41. The number of benzene rings is 3. The summed E-state index contributed by atoms with van der Waals surface area (Å²) in [4.78, 5) is 0.281. The molecule has 0 saturated carbocycles. The van der Waals surface area contributed by atoms with Crippen molar-refractivity contribution in [2.24, 2.45) is 0 Å². The highest BCUT2D eigenvalue weighted by Crippen LogP contribution is 2.26. The molecule has 29 heavy (non-hydrogen) atoms. The van der Waals surface area contributed by atoms with Crippen LogP contribution in [-0.4, -0.2) is 46.1 Å². The fourth-order valence-electron chi connectivity index (χ4n) is 3.32. The van der Waals surface area contributed by atoms with Gasteiger partial charge < -0.3 is 14.2 Å². The van der Waals surface area contributed by atoms with Gasteiger partial charge in [-0.05, 0) is 52.7 Å². The number of rotatable bonds is 6. The van der Waals surface area contributed by atoms with Crippen molar-refractivity contribution in [2.45, 2.75) is 11.5 Å². The second-order valence-electron chi connectivity index (χ2n) is 6.83. The van der Waals surface area contributed by atoms with Crippen molar-refractivity contribution in [3.8, 4) is 11.5 Å². The van der Waals surface area contributed by atoms with Crippen molar-refractivity contribution >= 4 is 20.8 Å². The lowest BCUT2D eigenvalue weighted by molar-refractivity contribution is 0.0730. The van der Waals surface area contributed by atoms with Crippen LogP contribution in [0.1, 0.15) is 5.56 Å². The zero-order valence-electron chi connectivity index (χ0n) is 16.2. The van der Waals surface area contributed by atoms with Crippen LogP contribution >= 0.6 is 0 Å². The van der Waals surface area contributed by atoms with Crippen LogP contribution in [0.25, 0.3) is 10.8 Å². The number of hydrogen-bond acceptors (Lipinski definition) is 5. The summed E-state index contributed by atoms with van der Waals surface area (Å²) in [5.41, 5.74) is 0.796. The topological polar surface area (TPSA) is 65.1 Å². The van der Waals surface area contributed by atoms with Crippen molar-refractivity contribution in [3.05, 3.63) is 66.2 Å². The molecule has 0 unspecified atom stereocenters. The Morgan fingerprint density at radius 1 is 0.931 bits per heavy atom. The van der Waals surface area contributed by atoms with Crippen LogP contribution in [0.15, 0.2) is 65.6 Å². The van der Waals surface area contributed by atoms with Crippen molar-refractivity contribution in [1.82, 2.24) is 4.31 Å². The van der Waals surface area contributed by atoms with Crippen LogP contribution in [0.4, 0.5) is 0 Å². The second-order valence-corrected chi connectivity index (χ2v) is 8.77. The van der Waals surface area contributed by atoms with Crippen molar-refractivity contribution in [2.75, 3.05) is 33.4 Å². The average Bonchev–Trinajstić information content (AvgIpc) is 2.78. The molecule has 3 aromatic carbocycles. The molecule has 0 aliphatic carbocycles. The summed E-state index contributed by atoms with van der Waals surface area (Å²) >= 11 is 0. The van der Waals surface area contributed by atoms with E-state index in [1.165, 1.54) is 4.31 Å². The zero-order valence-corrected chi connectivity index (χ0v) is 17.0. The maximum atomic E-state index is 12.8. The monoisotopic (exact) mass is 413 g/mol. The molecule has 152 valence electrons. The molecule has 4 rings (SSSR count). The largest absolute Gasteiger partial charge is 0.497 e. The van der Waals surface area contributed by atoms with E-state index in [-0.39, 0.29) is 11.5 Å². The first-order chi connectivity index (χ1) is 14.1. The van der Waals surface area contributed by atoms with E-state index in [1.54, 1.807) is 25.3 Å². The third-order valence-corrected chi connectivity index (χ3v) is 6.83. The SMILES string of the molecule is COc1ccc2ccc(OCc3cccc(S(=O)(=O)N4CCOCC4)c3)cc2c1. The van der Waals surface area contributed by atoms with Gasteiger partial charge in [-0.1, -0.05) is 24.3 Å². The summed E-state index contributed by atoms with van der Waals surface area (Å²) in [6, 6.07) is 18.6. The lowest BCUT2D eigenvalue weighted by Crippen LogP contribution is -2.40. The Balaban J connectivity index is 1.50. The van der Waals surface area contributed by atoms with Gasteiger partial charge in [0.15, 0.2) is 0 Å². The number of fused-ring (bicyclic) bond motifs is 1. The Morgan fingerprint density at radius 3 is 2.41 bits per heavy atom. The van der Waals surface area contributed by atoms with E-state index in [0.717, 1.165) is 22.1 Å². The Labute approximate surface area is 170 Å². The van der Waals surface area contributed by atoms with Gasteiger partial charge in [0, 0.05) is 13.1 Å². The molecule has 1 aliphatic heterocycles. The Kier molecular flexibility index (Phi) is 5.71. The minimum Gasteiger partial charge on any atom is -0.497 e. The van der Waals surface area contributed by atoms with Gasteiger partial charge in [-0.15, -0.1) is 0 Å². The first-order valence-electron chi connectivity index (χ1n) is 9.44. The molecule has 0 radical (unpaired) electrons. The van der Waals surface area contributed by atoms with Crippen molar-refractivity contribution in [3.63, 3.8) is 0 Å². The molecule has 1 saturated heterocycles. The van der Waals surface area contributed by atoms with Crippen LogP contribution in [0.3, 0.4) is 0 Å². The van der Waals surface area contributed by atoms with Crippen LogP contribution < -0.4 is 9.47 Å². The van der Waals surface area contributed by atoms with Gasteiger partial charge in [0.1, 0.15) is 18.1 Å². The standard InChI is InChI=1S/C22H23NO5S/c1-26-20-7-5-18-6-8-21(15-19(18)14-20)28-16-17-3-2-4-22(13-17)29(24,25)23-9-11-27-12-10-23/h2-8,13-15H,9-12,16H2,1H3. The van der Waals surface area contributed by atoms with E-state index in [2.05, 4.69) is 0 Å². The molecule has 0 atom stereocenters. The average molecular weight is 413 g/mol.